The second-order valence-corrected chi connectivity index (χ2v) is 4.53. The van der Waals surface area contributed by atoms with Gasteiger partial charge >= 0.3 is 0 Å². The first-order valence-corrected chi connectivity index (χ1v) is 6.57. The van der Waals surface area contributed by atoms with Gasteiger partial charge in [-0.1, -0.05) is 25.1 Å². The van der Waals surface area contributed by atoms with Crippen molar-refractivity contribution >= 4 is 11.6 Å². The minimum atomic E-state index is 0.0223. The number of hydrogen-bond donors (Lipinski definition) is 1. The Kier molecular flexibility index (Phi) is 4.34. The predicted octanol–water partition coefficient (Wildman–Crippen LogP) is 2.78. The first kappa shape index (κ1) is 13.3. The standard InChI is InChI=1S/C15H19N3O/c1-3-13-6-4-5-7-14(13)16-15(19)9-11-18-10-8-12(2)17-18/h4-8,10H,3,9,11H2,1-2H3,(H,16,19). The number of carbonyl (C=O) groups excluding carboxylic acids is 1. The average Bonchev–Trinajstić information content (AvgIpc) is 2.83. The van der Waals surface area contributed by atoms with Gasteiger partial charge in [0.05, 0.1) is 5.69 Å². The number of nitrogens with one attached hydrogen (secondary N) is 1. The molecule has 0 fully saturated rings. The summed E-state index contributed by atoms with van der Waals surface area (Å²) in [7, 11) is 0. The van der Waals surface area contributed by atoms with Crippen molar-refractivity contribution in [3.63, 3.8) is 0 Å². The lowest BCUT2D eigenvalue weighted by molar-refractivity contribution is -0.116. The summed E-state index contributed by atoms with van der Waals surface area (Å²) >= 11 is 0. The topological polar surface area (TPSA) is 46.9 Å². The fourth-order valence-corrected chi connectivity index (χ4v) is 1.97. The molecule has 0 aliphatic carbocycles. The van der Waals surface area contributed by atoms with E-state index in [0.29, 0.717) is 13.0 Å². The van der Waals surface area contributed by atoms with E-state index in [2.05, 4.69) is 17.3 Å². The second-order valence-electron chi connectivity index (χ2n) is 4.53. The molecule has 0 aliphatic rings. The number of carbonyl (C=O) groups is 1. The van der Waals surface area contributed by atoms with Crippen LogP contribution < -0.4 is 5.32 Å². The van der Waals surface area contributed by atoms with Gasteiger partial charge in [0.15, 0.2) is 0 Å². The van der Waals surface area contributed by atoms with Crippen LogP contribution in [0.15, 0.2) is 36.5 Å². The number of para-hydroxylation sites is 1. The Hall–Kier alpha value is -2.10. The molecule has 100 valence electrons. The third-order valence-electron chi connectivity index (χ3n) is 3.01. The van der Waals surface area contributed by atoms with Gasteiger partial charge in [-0.2, -0.15) is 5.10 Å². The Labute approximate surface area is 113 Å². The molecule has 0 saturated heterocycles. The van der Waals surface area contributed by atoms with Crippen LogP contribution in [0.25, 0.3) is 0 Å². The van der Waals surface area contributed by atoms with Crippen LogP contribution in [0.4, 0.5) is 5.69 Å². The summed E-state index contributed by atoms with van der Waals surface area (Å²) < 4.78 is 1.79. The highest BCUT2D eigenvalue weighted by molar-refractivity contribution is 5.91. The number of benzene rings is 1. The van der Waals surface area contributed by atoms with Gasteiger partial charge in [-0.25, -0.2) is 0 Å². The first-order valence-electron chi connectivity index (χ1n) is 6.57. The molecule has 2 rings (SSSR count). The van der Waals surface area contributed by atoms with Gasteiger partial charge in [-0.15, -0.1) is 0 Å². The lowest BCUT2D eigenvalue weighted by Crippen LogP contribution is -2.15. The van der Waals surface area contributed by atoms with Crippen LogP contribution in [0.5, 0.6) is 0 Å². The van der Waals surface area contributed by atoms with Crippen molar-refractivity contribution < 1.29 is 4.79 Å². The van der Waals surface area contributed by atoms with E-state index >= 15 is 0 Å². The van der Waals surface area contributed by atoms with Crippen molar-refractivity contribution in [2.24, 2.45) is 0 Å². The molecule has 4 nitrogen and oxygen atoms in total. The molecule has 0 unspecified atom stereocenters. The summed E-state index contributed by atoms with van der Waals surface area (Å²) in [5.74, 6) is 0.0223. The van der Waals surface area contributed by atoms with E-state index in [1.165, 1.54) is 0 Å². The average molecular weight is 257 g/mol. The highest BCUT2D eigenvalue weighted by atomic mass is 16.1. The Morgan fingerprint density at radius 3 is 2.79 bits per heavy atom. The van der Waals surface area contributed by atoms with Gasteiger partial charge in [0.2, 0.25) is 5.91 Å². The van der Waals surface area contributed by atoms with E-state index in [-0.39, 0.29) is 5.91 Å². The largest absolute Gasteiger partial charge is 0.326 e. The summed E-state index contributed by atoms with van der Waals surface area (Å²) in [5.41, 5.74) is 3.04. The van der Waals surface area contributed by atoms with Crippen molar-refractivity contribution in [2.45, 2.75) is 33.2 Å². The van der Waals surface area contributed by atoms with E-state index in [1.54, 1.807) is 4.68 Å². The molecule has 1 aromatic carbocycles. The van der Waals surface area contributed by atoms with Crippen LogP contribution in [0.1, 0.15) is 24.6 Å². The van der Waals surface area contributed by atoms with E-state index in [9.17, 15) is 4.79 Å². The van der Waals surface area contributed by atoms with Crippen LogP contribution in [0.3, 0.4) is 0 Å². The number of rotatable bonds is 5. The molecule has 0 saturated carbocycles. The minimum Gasteiger partial charge on any atom is -0.326 e. The normalized spacial score (nSPS) is 10.4. The molecule has 0 bridgehead atoms. The highest BCUT2D eigenvalue weighted by Gasteiger charge is 2.06. The molecule has 1 aromatic heterocycles. The summed E-state index contributed by atoms with van der Waals surface area (Å²) in [6.07, 6.45) is 3.23. The highest BCUT2D eigenvalue weighted by Crippen LogP contribution is 2.15. The monoisotopic (exact) mass is 257 g/mol. The van der Waals surface area contributed by atoms with Crippen LogP contribution in [0, 0.1) is 6.92 Å². The van der Waals surface area contributed by atoms with Crippen molar-refractivity contribution in [1.82, 2.24) is 9.78 Å². The quantitative estimate of drug-likeness (QED) is 0.895. The fourth-order valence-electron chi connectivity index (χ4n) is 1.97. The first-order chi connectivity index (χ1) is 9.19. The van der Waals surface area contributed by atoms with Crippen LogP contribution >= 0.6 is 0 Å². The number of anilines is 1. The van der Waals surface area contributed by atoms with Crippen LogP contribution in [0.2, 0.25) is 0 Å². The van der Waals surface area contributed by atoms with Crippen LogP contribution in [-0.2, 0) is 17.8 Å². The third kappa shape index (κ3) is 3.68. The molecule has 2 aromatic rings. The molecule has 0 aliphatic heterocycles. The fraction of sp³-hybridized carbons (Fsp3) is 0.333. The molecule has 0 radical (unpaired) electrons. The zero-order valence-corrected chi connectivity index (χ0v) is 11.4. The molecule has 19 heavy (non-hydrogen) atoms. The van der Waals surface area contributed by atoms with Crippen molar-refractivity contribution in [2.75, 3.05) is 5.32 Å². The van der Waals surface area contributed by atoms with Crippen LogP contribution in [-0.4, -0.2) is 15.7 Å². The van der Waals surface area contributed by atoms with Gasteiger partial charge < -0.3 is 5.32 Å². The van der Waals surface area contributed by atoms with Gasteiger partial charge in [0.1, 0.15) is 0 Å². The van der Waals surface area contributed by atoms with Gasteiger partial charge in [0, 0.05) is 24.8 Å². The lowest BCUT2D eigenvalue weighted by Gasteiger charge is -2.09. The van der Waals surface area contributed by atoms with E-state index in [0.717, 1.165) is 23.4 Å². The molecule has 4 heteroatoms. The summed E-state index contributed by atoms with van der Waals surface area (Å²) in [6, 6.07) is 9.83. The smallest absolute Gasteiger partial charge is 0.226 e. The zero-order valence-electron chi connectivity index (χ0n) is 11.4. The van der Waals surface area contributed by atoms with E-state index in [1.807, 2.05) is 43.5 Å². The molecular weight excluding hydrogens is 238 g/mol. The van der Waals surface area contributed by atoms with Crippen molar-refractivity contribution in [3.05, 3.63) is 47.8 Å². The Morgan fingerprint density at radius 2 is 2.11 bits per heavy atom. The van der Waals surface area contributed by atoms with Gasteiger partial charge in [-0.3, -0.25) is 9.48 Å². The van der Waals surface area contributed by atoms with E-state index < -0.39 is 0 Å². The number of nitrogens with zero attached hydrogens (tertiary/aromatic N) is 2. The Bertz CT molecular complexity index is 560. The third-order valence-corrected chi connectivity index (χ3v) is 3.01. The number of aryl methyl sites for hydroxylation is 3. The molecule has 0 atom stereocenters. The maximum atomic E-state index is 11.9. The molecule has 0 spiro atoms. The Morgan fingerprint density at radius 1 is 1.32 bits per heavy atom. The van der Waals surface area contributed by atoms with Gasteiger partial charge in [-0.05, 0) is 31.0 Å². The molecule has 1 N–H and O–H groups in total. The maximum Gasteiger partial charge on any atom is 0.226 e. The predicted molar refractivity (Wildman–Crippen MR) is 76.0 cm³/mol. The van der Waals surface area contributed by atoms with Crippen molar-refractivity contribution in [1.29, 1.82) is 0 Å². The minimum absolute atomic E-state index is 0.0223. The molecular formula is C15H19N3O. The lowest BCUT2D eigenvalue weighted by atomic mass is 10.1. The summed E-state index contributed by atoms with van der Waals surface area (Å²) in [4.78, 5) is 11.9. The Balaban J connectivity index is 1.90. The molecule has 1 amide bonds. The van der Waals surface area contributed by atoms with Crippen molar-refractivity contribution in [3.8, 4) is 0 Å². The SMILES string of the molecule is CCc1ccccc1NC(=O)CCn1ccc(C)n1. The number of hydrogen-bond acceptors (Lipinski definition) is 2. The molecule has 1 heterocycles. The maximum absolute atomic E-state index is 11.9. The summed E-state index contributed by atoms with van der Waals surface area (Å²) in [6.45, 7) is 4.62. The second kappa shape index (κ2) is 6.18. The van der Waals surface area contributed by atoms with Gasteiger partial charge in [0.25, 0.3) is 0 Å². The zero-order chi connectivity index (χ0) is 13.7. The summed E-state index contributed by atoms with van der Waals surface area (Å²) in [5, 5.41) is 7.22. The number of amides is 1. The van der Waals surface area contributed by atoms with E-state index in [4.69, 9.17) is 0 Å². The number of aromatic nitrogens is 2.